The van der Waals surface area contributed by atoms with Gasteiger partial charge >= 0.3 is 0 Å². The molecule has 3 nitrogen and oxygen atoms in total. The van der Waals surface area contributed by atoms with Gasteiger partial charge < -0.3 is 13.7 Å². The van der Waals surface area contributed by atoms with Crippen molar-refractivity contribution in [3.8, 4) is 11.1 Å². The second-order valence-electron chi connectivity index (χ2n) is 15.5. The van der Waals surface area contributed by atoms with Gasteiger partial charge in [0.05, 0.1) is 17.1 Å². The summed E-state index contributed by atoms with van der Waals surface area (Å²) in [5, 5.41) is 6.86. The van der Waals surface area contributed by atoms with E-state index in [2.05, 4.69) is 193 Å². The van der Waals surface area contributed by atoms with Gasteiger partial charge in [0.15, 0.2) is 0 Å². The van der Waals surface area contributed by atoms with Crippen molar-refractivity contribution >= 4 is 77.7 Å². The molecule has 270 valence electrons. The van der Waals surface area contributed by atoms with Crippen molar-refractivity contribution in [1.82, 2.24) is 0 Å². The first-order valence-electron chi connectivity index (χ1n) is 19.9. The Morgan fingerprint density at radius 1 is 0.509 bits per heavy atom. The summed E-state index contributed by atoms with van der Waals surface area (Å²) in [6, 6.07) is 50.0. The zero-order valence-corrected chi connectivity index (χ0v) is 31.2. The van der Waals surface area contributed by atoms with E-state index in [1.807, 2.05) is 6.07 Å². The van der Waals surface area contributed by atoms with Crippen LogP contribution in [0.15, 0.2) is 197 Å². The third-order valence-corrected chi connectivity index (χ3v) is 12.3. The van der Waals surface area contributed by atoms with Crippen molar-refractivity contribution in [1.29, 1.82) is 0 Å². The highest BCUT2D eigenvalue weighted by Gasteiger charge is 2.29. The molecule has 2 heterocycles. The molecule has 7 aromatic carbocycles. The van der Waals surface area contributed by atoms with Crippen molar-refractivity contribution in [3.05, 3.63) is 205 Å². The van der Waals surface area contributed by atoms with E-state index in [9.17, 15) is 0 Å². The zero-order valence-electron chi connectivity index (χ0n) is 31.2. The molecule has 0 amide bonds. The number of hydrogen-bond acceptors (Lipinski definition) is 3. The highest BCUT2D eigenvalue weighted by Crippen LogP contribution is 2.47. The maximum absolute atomic E-state index is 6.82. The van der Waals surface area contributed by atoms with E-state index in [-0.39, 0.29) is 6.04 Å². The number of hydrogen-bond donors (Lipinski definition) is 0. The van der Waals surface area contributed by atoms with E-state index in [4.69, 9.17) is 8.83 Å². The van der Waals surface area contributed by atoms with Crippen LogP contribution in [-0.2, 0) is 0 Å². The predicted octanol–water partition coefficient (Wildman–Crippen LogP) is 14.7. The van der Waals surface area contributed by atoms with Crippen molar-refractivity contribution in [2.75, 3.05) is 4.90 Å². The second-order valence-corrected chi connectivity index (χ2v) is 15.5. The van der Waals surface area contributed by atoms with Crippen LogP contribution in [0.5, 0.6) is 0 Å². The molecule has 0 saturated heterocycles. The van der Waals surface area contributed by atoms with Crippen LogP contribution in [0.25, 0.3) is 77.4 Å². The second kappa shape index (κ2) is 12.7. The summed E-state index contributed by atoms with van der Waals surface area (Å²) in [7, 11) is 0. The molecular formula is C54H37NO2. The fourth-order valence-corrected chi connectivity index (χ4v) is 9.69. The molecule has 0 aliphatic heterocycles. The number of fused-ring (bicyclic) bond motifs is 10. The Kier molecular flexibility index (Phi) is 7.18. The summed E-state index contributed by atoms with van der Waals surface area (Å²) in [5.74, 6) is 0.793. The first-order chi connectivity index (χ1) is 28.3. The summed E-state index contributed by atoms with van der Waals surface area (Å²) in [6.45, 7) is 0. The molecule has 3 atom stereocenters. The number of furan rings is 2. The minimum absolute atomic E-state index is 0.0280. The number of para-hydroxylation sites is 3. The molecule has 0 radical (unpaired) electrons. The first-order valence-corrected chi connectivity index (χ1v) is 19.9. The SMILES string of the molecule is C1=CC2C=Cc3c(C4=CCC(N(c5ccccc5-c5cccc6c5oc5cc7ccccc7cc56)c5cccc6oc7ccccc7c56)C=C4)cccc3C2C=C1. The van der Waals surface area contributed by atoms with E-state index in [1.165, 1.54) is 33.0 Å². The summed E-state index contributed by atoms with van der Waals surface area (Å²) in [6.07, 6.45) is 21.7. The number of benzene rings is 7. The largest absolute Gasteiger partial charge is 0.456 e. The van der Waals surface area contributed by atoms with E-state index >= 15 is 0 Å². The van der Waals surface area contributed by atoms with Crippen molar-refractivity contribution in [3.63, 3.8) is 0 Å². The molecule has 12 rings (SSSR count). The number of nitrogens with zero attached hydrogens (tertiary/aromatic N) is 1. The fraction of sp³-hybridized carbons (Fsp3) is 0.0741. The molecule has 9 aromatic rings. The molecule has 0 spiro atoms. The summed E-state index contributed by atoms with van der Waals surface area (Å²) < 4.78 is 13.3. The number of allylic oxidation sites excluding steroid dienone is 7. The zero-order chi connectivity index (χ0) is 37.5. The molecule has 2 aromatic heterocycles. The van der Waals surface area contributed by atoms with Crippen LogP contribution in [0.3, 0.4) is 0 Å². The predicted molar refractivity (Wildman–Crippen MR) is 238 cm³/mol. The molecular weight excluding hydrogens is 695 g/mol. The van der Waals surface area contributed by atoms with Gasteiger partial charge in [-0.15, -0.1) is 0 Å². The Morgan fingerprint density at radius 3 is 2.18 bits per heavy atom. The average Bonchev–Trinajstić information content (AvgIpc) is 3.84. The summed E-state index contributed by atoms with van der Waals surface area (Å²) in [5.41, 5.74) is 13.3. The minimum Gasteiger partial charge on any atom is -0.456 e. The van der Waals surface area contributed by atoms with E-state index in [1.54, 1.807) is 0 Å². The van der Waals surface area contributed by atoms with Gasteiger partial charge in [-0.3, -0.25) is 0 Å². The Bertz CT molecular complexity index is 3250. The Hall–Kier alpha value is -7.10. The van der Waals surface area contributed by atoms with Gasteiger partial charge in [-0.2, -0.15) is 0 Å². The van der Waals surface area contributed by atoms with Crippen LogP contribution >= 0.6 is 0 Å². The molecule has 0 N–H and O–H groups in total. The minimum atomic E-state index is 0.0280. The van der Waals surface area contributed by atoms with Gasteiger partial charge in [-0.05, 0) is 75.9 Å². The van der Waals surface area contributed by atoms with Crippen molar-refractivity contribution in [2.45, 2.75) is 18.4 Å². The number of anilines is 2. The fourth-order valence-electron chi connectivity index (χ4n) is 9.69. The lowest BCUT2D eigenvalue weighted by atomic mass is 9.75. The molecule has 0 saturated carbocycles. The third-order valence-electron chi connectivity index (χ3n) is 12.3. The molecule has 0 bridgehead atoms. The Balaban J connectivity index is 1.02. The normalized spacial score (nSPS) is 18.5. The molecule has 3 aliphatic carbocycles. The summed E-state index contributed by atoms with van der Waals surface area (Å²) in [4.78, 5) is 2.53. The monoisotopic (exact) mass is 731 g/mol. The van der Waals surface area contributed by atoms with Crippen LogP contribution in [0.2, 0.25) is 0 Å². The molecule has 3 aliphatic rings. The van der Waals surface area contributed by atoms with Crippen LogP contribution in [0.1, 0.15) is 29.0 Å². The average molecular weight is 732 g/mol. The van der Waals surface area contributed by atoms with Crippen LogP contribution < -0.4 is 4.90 Å². The molecule has 57 heavy (non-hydrogen) atoms. The van der Waals surface area contributed by atoms with Crippen LogP contribution in [0, 0.1) is 5.92 Å². The van der Waals surface area contributed by atoms with Crippen molar-refractivity contribution in [2.24, 2.45) is 5.92 Å². The lowest BCUT2D eigenvalue weighted by molar-refractivity contribution is 0.668. The van der Waals surface area contributed by atoms with Gasteiger partial charge in [0, 0.05) is 44.8 Å². The standard InChI is InChI=1S/C54H37NO2/c1-2-14-37-33-52-47(32-36(37)13-1)45-21-10-20-44(54(45)57-52)43-16-5-7-22-48(43)55(49-23-11-25-51-53(49)46-17-6-8-24-50(46)56-51)38-29-26-35(27-30-38)40-18-9-19-41-39-15-4-3-12-34(39)28-31-42(40)41/h1-29,31-34,38-39H,30H2. The molecule has 0 fully saturated rings. The highest BCUT2D eigenvalue weighted by atomic mass is 16.3. The highest BCUT2D eigenvalue weighted by molar-refractivity contribution is 6.15. The van der Waals surface area contributed by atoms with E-state index < -0.39 is 0 Å². The lowest BCUT2D eigenvalue weighted by Gasteiger charge is -2.35. The van der Waals surface area contributed by atoms with Gasteiger partial charge in [0.1, 0.15) is 22.3 Å². The van der Waals surface area contributed by atoms with Gasteiger partial charge in [-0.25, -0.2) is 0 Å². The van der Waals surface area contributed by atoms with E-state index in [0.29, 0.717) is 11.8 Å². The quantitative estimate of drug-likeness (QED) is 0.177. The van der Waals surface area contributed by atoms with Gasteiger partial charge in [0.25, 0.3) is 0 Å². The van der Waals surface area contributed by atoms with E-state index in [0.717, 1.165) is 72.8 Å². The maximum atomic E-state index is 6.82. The van der Waals surface area contributed by atoms with Crippen molar-refractivity contribution < 1.29 is 8.83 Å². The van der Waals surface area contributed by atoms with Gasteiger partial charge in [-0.1, -0.05) is 158 Å². The smallest absolute Gasteiger partial charge is 0.143 e. The molecule has 3 unspecified atom stereocenters. The first kappa shape index (κ1) is 32.2. The Labute approximate surface area is 330 Å². The molecule has 3 heteroatoms. The Morgan fingerprint density at radius 2 is 1.25 bits per heavy atom. The third kappa shape index (κ3) is 5.05. The summed E-state index contributed by atoms with van der Waals surface area (Å²) >= 11 is 0. The maximum Gasteiger partial charge on any atom is 0.143 e. The lowest BCUT2D eigenvalue weighted by Crippen LogP contribution is -2.30. The van der Waals surface area contributed by atoms with Gasteiger partial charge in [0.2, 0.25) is 0 Å². The topological polar surface area (TPSA) is 29.5 Å². The van der Waals surface area contributed by atoms with Crippen LogP contribution in [-0.4, -0.2) is 6.04 Å². The van der Waals surface area contributed by atoms with Crippen LogP contribution in [0.4, 0.5) is 11.4 Å². The number of rotatable bonds is 5.